The molecule has 1 aliphatic carbocycles. The van der Waals surface area contributed by atoms with E-state index < -0.39 is 5.41 Å². The van der Waals surface area contributed by atoms with Gasteiger partial charge >= 0.3 is 0 Å². The predicted molar refractivity (Wildman–Crippen MR) is 87.3 cm³/mol. The van der Waals surface area contributed by atoms with Crippen LogP contribution in [0.15, 0.2) is 36.5 Å². The van der Waals surface area contributed by atoms with Crippen LogP contribution in [0.25, 0.3) is 0 Å². The predicted octanol–water partition coefficient (Wildman–Crippen LogP) is 2.87. The van der Waals surface area contributed by atoms with E-state index in [9.17, 15) is 8.68 Å². The highest BCUT2D eigenvalue weighted by atomic mass is 32.2. The van der Waals surface area contributed by atoms with Crippen LogP contribution < -0.4 is 10.0 Å². The molecule has 0 saturated heterocycles. The zero-order valence-corrected chi connectivity index (χ0v) is 12.9. The number of anilines is 2. The molecule has 0 radical (unpaired) electrons. The third kappa shape index (κ3) is 2.33. The summed E-state index contributed by atoms with van der Waals surface area (Å²) in [5.41, 5.74) is 8.72. The summed E-state index contributed by atoms with van der Waals surface area (Å²) in [6, 6.07) is 9.33. The maximum atomic E-state index is 13.0. The van der Waals surface area contributed by atoms with E-state index in [4.69, 9.17) is 5.73 Å². The van der Waals surface area contributed by atoms with Crippen molar-refractivity contribution in [3.05, 3.63) is 53.2 Å². The highest BCUT2D eigenvalue weighted by Gasteiger charge is 2.41. The fourth-order valence-electron chi connectivity index (χ4n) is 3.13. The van der Waals surface area contributed by atoms with Gasteiger partial charge in [-0.15, -0.1) is 3.89 Å². The van der Waals surface area contributed by atoms with Crippen molar-refractivity contribution in [3.63, 3.8) is 0 Å². The van der Waals surface area contributed by atoms with Crippen LogP contribution in [0.5, 0.6) is 0 Å². The van der Waals surface area contributed by atoms with E-state index in [2.05, 4.69) is 4.98 Å². The Hall–Kier alpha value is -2.08. The molecule has 4 nitrogen and oxygen atoms in total. The number of carbonyl (C=O) groups is 1. The quantitative estimate of drug-likeness (QED) is 0.534. The molecule has 1 unspecified atom stereocenters. The van der Waals surface area contributed by atoms with Gasteiger partial charge < -0.3 is 10.5 Å². The van der Waals surface area contributed by atoms with Gasteiger partial charge in [0.25, 0.3) is 0 Å². The fourth-order valence-corrected chi connectivity index (χ4v) is 3.34. The molecule has 1 aromatic heterocycles. The summed E-state index contributed by atoms with van der Waals surface area (Å²) in [4.78, 5) is 16.2. The number of fused-ring (bicyclic) bond motifs is 1. The Balaban J connectivity index is 2.09. The smallest absolute Gasteiger partial charge is 0.166 e. The summed E-state index contributed by atoms with van der Waals surface area (Å²) < 4.78 is 14.3. The SMILES string of the molecule is CN(SF)c1ncccc1C1(C=O)Cc2ccc(N)cc2C1. The number of nitrogens with zero attached hydrogens (tertiary/aromatic N) is 2. The van der Waals surface area contributed by atoms with Gasteiger partial charge in [0.1, 0.15) is 12.1 Å². The first-order valence-corrected chi connectivity index (χ1v) is 7.58. The summed E-state index contributed by atoms with van der Waals surface area (Å²) in [6.07, 6.45) is 3.69. The topological polar surface area (TPSA) is 59.2 Å². The van der Waals surface area contributed by atoms with Crippen molar-refractivity contribution in [2.24, 2.45) is 0 Å². The van der Waals surface area contributed by atoms with Gasteiger partial charge in [0.15, 0.2) is 12.3 Å². The van der Waals surface area contributed by atoms with Gasteiger partial charge in [0, 0.05) is 24.5 Å². The molecule has 1 atom stereocenters. The Morgan fingerprint density at radius 2 is 2.14 bits per heavy atom. The maximum absolute atomic E-state index is 13.0. The van der Waals surface area contributed by atoms with Crippen LogP contribution in [0.1, 0.15) is 16.7 Å². The summed E-state index contributed by atoms with van der Waals surface area (Å²) >= 11 is 0.0812. The number of nitrogen functional groups attached to an aromatic ring is 1. The third-order valence-electron chi connectivity index (χ3n) is 4.19. The van der Waals surface area contributed by atoms with E-state index in [0.717, 1.165) is 23.0 Å². The van der Waals surface area contributed by atoms with Gasteiger partial charge in [-0.2, -0.15) is 0 Å². The van der Waals surface area contributed by atoms with E-state index in [0.29, 0.717) is 24.3 Å². The Morgan fingerprint density at radius 3 is 2.86 bits per heavy atom. The van der Waals surface area contributed by atoms with E-state index >= 15 is 0 Å². The molecular formula is C16H16FN3OS. The fraction of sp³-hybridized carbons (Fsp3) is 0.250. The molecule has 0 spiro atoms. The van der Waals surface area contributed by atoms with Crippen molar-refractivity contribution in [2.75, 3.05) is 17.1 Å². The van der Waals surface area contributed by atoms with Crippen molar-refractivity contribution in [3.8, 4) is 0 Å². The van der Waals surface area contributed by atoms with Gasteiger partial charge in [0.2, 0.25) is 0 Å². The van der Waals surface area contributed by atoms with Crippen molar-refractivity contribution in [1.29, 1.82) is 0 Å². The highest BCUT2D eigenvalue weighted by molar-refractivity contribution is 7.95. The van der Waals surface area contributed by atoms with Crippen LogP contribution >= 0.6 is 12.3 Å². The Kier molecular flexibility index (Phi) is 3.78. The molecule has 0 amide bonds. The zero-order chi connectivity index (χ0) is 15.7. The molecule has 22 heavy (non-hydrogen) atoms. The molecule has 114 valence electrons. The number of hydrogen-bond acceptors (Lipinski definition) is 5. The van der Waals surface area contributed by atoms with Crippen LogP contribution in [0.2, 0.25) is 0 Å². The number of carbonyl (C=O) groups excluding carboxylic acids is 1. The number of halogens is 1. The van der Waals surface area contributed by atoms with Crippen molar-refractivity contribution < 1.29 is 8.68 Å². The molecule has 1 aliphatic rings. The molecule has 0 saturated carbocycles. The number of hydrogen-bond donors (Lipinski definition) is 1. The minimum atomic E-state index is -0.719. The van der Waals surface area contributed by atoms with Crippen LogP contribution in [0, 0.1) is 0 Å². The Bertz CT molecular complexity index is 724. The minimum absolute atomic E-state index is 0.0812. The van der Waals surface area contributed by atoms with Gasteiger partial charge in [-0.3, -0.25) is 4.31 Å². The third-order valence-corrected chi connectivity index (χ3v) is 4.57. The molecule has 1 aromatic carbocycles. The first-order valence-electron chi connectivity index (χ1n) is 6.91. The lowest BCUT2D eigenvalue weighted by molar-refractivity contribution is -0.112. The summed E-state index contributed by atoms with van der Waals surface area (Å²) in [7, 11) is 1.59. The molecule has 0 fully saturated rings. The summed E-state index contributed by atoms with van der Waals surface area (Å²) in [5, 5.41) is 0. The Labute approximate surface area is 133 Å². The van der Waals surface area contributed by atoms with E-state index in [-0.39, 0.29) is 12.3 Å². The second-order valence-electron chi connectivity index (χ2n) is 5.60. The number of nitrogens with two attached hydrogens (primary N) is 1. The highest BCUT2D eigenvalue weighted by Crippen LogP contribution is 2.42. The van der Waals surface area contributed by atoms with Crippen LogP contribution in [0.3, 0.4) is 0 Å². The minimum Gasteiger partial charge on any atom is -0.399 e. The Morgan fingerprint density at radius 1 is 1.36 bits per heavy atom. The van der Waals surface area contributed by atoms with Crippen LogP contribution in [-0.4, -0.2) is 18.3 Å². The second-order valence-corrected chi connectivity index (χ2v) is 6.28. The van der Waals surface area contributed by atoms with Crippen molar-refractivity contribution in [1.82, 2.24) is 4.98 Å². The first-order chi connectivity index (χ1) is 10.6. The summed E-state index contributed by atoms with van der Waals surface area (Å²) in [5.74, 6) is 0.475. The lowest BCUT2D eigenvalue weighted by Gasteiger charge is -2.27. The number of benzene rings is 1. The molecule has 2 N–H and O–H groups in total. The van der Waals surface area contributed by atoms with E-state index in [1.165, 1.54) is 4.31 Å². The first kappa shape index (κ1) is 14.8. The van der Waals surface area contributed by atoms with Crippen LogP contribution in [0.4, 0.5) is 15.4 Å². The van der Waals surface area contributed by atoms with Gasteiger partial charge in [-0.25, -0.2) is 4.98 Å². The lowest BCUT2D eigenvalue weighted by atomic mass is 9.79. The average molecular weight is 317 g/mol. The molecule has 0 aliphatic heterocycles. The lowest BCUT2D eigenvalue weighted by Crippen LogP contribution is -2.31. The van der Waals surface area contributed by atoms with E-state index in [1.807, 2.05) is 24.3 Å². The molecule has 3 rings (SSSR count). The molecule has 6 heteroatoms. The second kappa shape index (κ2) is 5.61. The molecular weight excluding hydrogens is 301 g/mol. The maximum Gasteiger partial charge on any atom is 0.166 e. The molecule has 2 aromatic rings. The normalized spacial score (nSPS) is 19.7. The van der Waals surface area contributed by atoms with Crippen molar-refractivity contribution in [2.45, 2.75) is 18.3 Å². The van der Waals surface area contributed by atoms with Gasteiger partial charge in [-0.1, -0.05) is 12.1 Å². The van der Waals surface area contributed by atoms with Crippen molar-refractivity contribution >= 4 is 30.1 Å². The number of rotatable bonds is 4. The number of pyridine rings is 1. The van der Waals surface area contributed by atoms with E-state index in [1.54, 1.807) is 19.3 Å². The molecule has 1 heterocycles. The number of aldehydes is 1. The van der Waals surface area contributed by atoms with Gasteiger partial charge in [0.05, 0.1) is 5.41 Å². The van der Waals surface area contributed by atoms with Gasteiger partial charge in [-0.05, 0) is 42.2 Å². The van der Waals surface area contributed by atoms with Crippen LogP contribution in [-0.2, 0) is 23.1 Å². The number of aromatic nitrogens is 1. The largest absolute Gasteiger partial charge is 0.399 e. The molecule has 0 bridgehead atoms. The standard InChI is InChI=1S/C16H16FN3OS/c1-20(22-17)15-14(3-2-6-19-15)16(10-21)8-11-4-5-13(18)7-12(11)9-16/h2-7,10H,8-9,18H2,1H3. The zero-order valence-electron chi connectivity index (χ0n) is 12.1. The average Bonchev–Trinajstić information content (AvgIpc) is 2.93. The monoisotopic (exact) mass is 317 g/mol. The summed E-state index contributed by atoms with van der Waals surface area (Å²) in [6.45, 7) is 0.